The first-order valence-corrected chi connectivity index (χ1v) is 10.4. The van der Waals surface area contributed by atoms with Gasteiger partial charge in [0.25, 0.3) is 5.56 Å². The first kappa shape index (κ1) is 20.9. The Bertz CT molecular complexity index is 1360. The molecule has 0 aliphatic carbocycles. The van der Waals surface area contributed by atoms with Crippen molar-refractivity contribution in [3.8, 4) is 5.69 Å². The molecule has 0 aliphatic rings. The third-order valence-corrected chi connectivity index (χ3v) is 5.91. The molecule has 1 atom stereocenters. The van der Waals surface area contributed by atoms with Crippen LogP contribution in [0.3, 0.4) is 0 Å². The Morgan fingerprint density at radius 2 is 1.77 bits per heavy atom. The van der Waals surface area contributed by atoms with Crippen molar-refractivity contribution in [3.05, 3.63) is 87.1 Å². The predicted octanol–water partition coefficient (Wildman–Crippen LogP) is 4.97. The molecule has 1 amide bonds. The van der Waals surface area contributed by atoms with Crippen molar-refractivity contribution in [2.75, 3.05) is 5.32 Å². The van der Waals surface area contributed by atoms with Gasteiger partial charge in [-0.25, -0.2) is 0 Å². The molecule has 0 saturated heterocycles. The van der Waals surface area contributed by atoms with E-state index in [0.717, 1.165) is 22.3 Å². The minimum Gasteiger partial charge on any atom is -0.336 e. The van der Waals surface area contributed by atoms with Crippen LogP contribution < -0.4 is 10.9 Å². The Morgan fingerprint density at radius 3 is 2.48 bits per heavy atom. The predicted molar refractivity (Wildman–Crippen MR) is 124 cm³/mol. The molecule has 7 heteroatoms. The second kappa shape index (κ2) is 8.04. The van der Waals surface area contributed by atoms with Crippen LogP contribution in [-0.4, -0.2) is 20.3 Å². The second-order valence-corrected chi connectivity index (χ2v) is 8.09. The normalized spacial score (nSPS) is 12.2. The largest absolute Gasteiger partial charge is 0.336 e. The van der Waals surface area contributed by atoms with Crippen LogP contribution in [0.25, 0.3) is 16.5 Å². The number of aryl methyl sites for hydroxylation is 3. The third kappa shape index (κ3) is 3.64. The van der Waals surface area contributed by atoms with Crippen molar-refractivity contribution in [3.63, 3.8) is 0 Å². The Morgan fingerprint density at radius 1 is 1.06 bits per heavy atom. The molecule has 0 unspecified atom stereocenters. The van der Waals surface area contributed by atoms with E-state index in [1.54, 1.807) is 18.3 Å². The van der Waals surface area contributed by atoms with Gasteiger partial charge in [0.15, 0.2) is 0 Å². The van der Waals surface area contributed by atoms with Gasteiger partial charge in [-0.3, -0.25) is 9.59 Å². The van der Waals surface area contributed by atoms with Crippen LogP contribution in [0.4, 0.5) is 5.69 Å². The Kier molecular flexibility index (Phi) is 5.41. The van der Waals surface area contributed by atoms with Gasteiger partial charge in [-0.1, -0.05) is 35.9 Å². The van der Waals surface area contributed by atoms with Gasteiger partial charge in [0.1, 0.15) is 6.04 Å². The number of rotatable bonds is 4. The van der Waals surface area contributed by atoms with E-state index in [2.05, 4.69) is 10.4 Å². The zero-order valence-corrected chi connectivity index (χ0v) is 18.6. The number of para-hydroxylation sites is 1. The molecule has 2 aromatic carbocycles. The number of halogens is 1. The Balaban J connectivity index is 1.77. The number of fused-ring (bicyclic) bond motifs is 1. The van der Waals surface area contributed by atoms with E-state index in [9.17, 15) is 9.59 Å². The smallest absolute Gasteiger partial charge is 0.281 e. The van der Waals surface area contributed by atoms with E-state index in [0.29, 0.717) is 21.8 Å². The van der Waals surface area contributed by atoms with Crippen LogP contribution in [0.5, 0.6) is 0 Å². The Hall–Kier alpha value is -3.38. The molecule has 0 aliphatic heterocycles. The van der Waals surface area contributed by atoms with Crippen LogP contribution in [0.2, 0.25) is 5.02 Å². The minimum atomic E-state index is -0.532. The molecule has 0 radical (unpaired) electrons. The fourth-order valence-corrected chi connectivity index (χ4v) is 4.17. The van der Waals surface area contributed by atoms with E-state index in [1.165, 1.54) is 4.68 Å². The highest BCUT2D eigenvalue weighted by atomic mass is 35.5. The summed E-state index contributed by atoms with van der Waals surface area (Å²) < 4.78 is 3.28. The molecule has 6 nitrogen and oxygen atoms in total. The lowest BCUT2D eigenvalue weighted by Crippen LogP contribution is -2.25. The van der Waals surface area contributed by atoms with E-state index in [1.807, 2.05) is 68.7 Å². The highest BCUT2D eigenvalue weighted by Gasteiger charge is 2.24. The monoisotopic (exact) mass is 434 g/mol. The maximum Gasteiger partial charge on any atom is 0.281 e. The van der Waals surface area contributed by atoms with Crippen molar-refractivity contribution in [2.45, 2.75) is 33.7 Å². The van der Waals surface area contributed by atoms with Gasteiger partial charge in [-0.05, 0) is 57.5 Å². The number of amides is 1. The quantitative estimate of drug-likeness (QED) is 0.493. The second-order valence-electron chi connectivity index (χ2n) is 7.65. The van der Waals surface area contributed by atoms with Gasteiger partial charge < -0.3 is 9.88 Å². The molecule has 4 aromatic rings. The molecule has 158 valence electrons. The van der Waals surface area contributed by atoms with Crippen LogP contribution in [-0.2, 0) is 4.79 Å². The summed E-state index contributed by atoms with van der Waals surface area (Å²) in [6, 6.07) is 14.1. The van der Waals surface area contributed by atoms with Crippen molar-refractivity contribution in [1.82, 2.24) is 14.3 Å². The summed E-state index contributed by atoms with van der Waals surface area (Å²) in [6.07, 6.45) is 1.69. The highest BCUT2D eigenvalue weighted by molar-refractivity contribution is 6.31. The van der Waals surface area contributed by atoms with E-state index in [4.69, 9.17) is 11.6 Å². The first-order valence-electron chi connectivity index (χ1n) is 10.0. The SMILES string of the molecule is Cc1ccc(Cl)cc1NC(=O)[C@@H](C)n1c(C)c2cnn(-c3ccccc3)c(=O)c2c1C. The number of carbonyl (C=O) groups excluding carboxylic acids is 1. The lowest BCUT2D eigenvalue weighted by Gasteiger charge is -2.19. The lowest BCUT2D eigenvalue weighted by molar-refractivity contribution is -0.118. The van der Waals surface area contributed by atoms with E-state index < -0.39 is 6.04 Å². The number of nitrogens with one attached hydrogen (secondary N) is 1. The zero-order valence-electron chi connectivity index (χ0n) is 17.8. The number of benzene rings is 2. The van der Waals surface area contributed by atoms with Crippen molar-refractivity contribution >= 4 is 34.0 Å². The molecule has 2 heterocycles. The summed E-state index contributed by atoms with van der Waals surface area (Å²) in [5.41, 5.74) is 3.64. The molecule has 0 saturated carbocycles. The number of hydrogen-bond acceptors (Lipinski definition) is 3. The molecule has 4 rings (SSSR count). The molecular weight excluding hydrogens is 412 g/mol. The Labute approximate surface area is 185 Å². The van der Waals surface area contributed by atoms with Gasteiger partial charge >= 0.3 is 0 Å². The van der Waals surface area contributed by atoms with E-state index >= 15 is 0 Å². The molecule has 0 bridgehead atoms. The molecule has 2 aromatic heterocycles. The molecule has 31 heavy (non-hydrogen) atoms. The summed E-state index contributed by atoms with van der Waals surface area (Å²) in [6.45, 7) is 7.49. The molecule has 0 fully saturated rings. The lowest BCUT2D eigenvalue weighted by atomic mass is 10.2. The van der Waals surface area contributed by atoms with Gasteiger partial charge in [-0.15, -0.1) is 0 Å². The number of aromatic nitrogens is 3. The van der Waals surface area contributed by atoms with Crippen LogP contribution in [0.15, 0.2) is 59.5 Å². The minimum absolute atomic E-state index is 0.187. The molecule has 0 spiro atoms. The molecular formula is C24H23ClN4O2. The summed E-state index contributed by atoms with van der Waals surface area (Å²) in [7, 11) is 0. The van der Waals surface area contributed by atoms with Gasteiger partial charge in [0, 0.05) is 27.5 Å². The van der Waals surface area contributed by atoms with Crippen LogP contribution in [0.1, 0.15) is 29.9 Å². The summed E-state index contributed by atoms with van der Waals surface area (Å²) >= 11 is 6.08. The highest BCUT2D eigenvalue weighted by Crippen LogP contribution is 2.28. The number of carbonyl (C=O) groups is 1. The van der Waals surface area contributed by atoms with Crippen molar-refractivity contribution in [1.29, 1.82) is 0 Å². The number of nitrogens with zero attached hydrogens (tertiary/aromatic N) is 3. The summed E-state index contributed by atoms with van der Waals surface area (Å²) in [5.74, 6) is -0.187. The summed E-state index contributed by atoms with van der Waals surface area (Å²) in [4.78, 5) is 26.3. The van der Waals surface area contributed by atoms with Crippen molar-refractivity contribution in [2.24, 2.45) is 0 Å². The maximum absolute atomic E-state index is 13.3. The van der Waals surface area contributed by atoms with E-state index in [-0.39, 0.29) is 11.5 Å². The fraction of sp³-hybridized carbons (Fsp3) is 0.208. The number of anilines is 1. The fourth-order valence-electron chi connectivity index (χ4n) is 4.00. The van der Waals surface area contributed by atoms with Crippen LogP contribution >= 0.6 is 11.6 Å². The van der Waals surface area contributed by atoms with Gasteiger partial charge in [-0.2, -0.15) is 9.78 Å². The number of hydrogen-bond donors (Lipinski definition) is 1. The summed E-state index contributed by atoms with van der Waals surface area (Å²) in [5, 5.41) is 9.18. The average molecular weight is 435 g/mol. The molecule has 1 N–H and O–H groups in total. The standard InChI is InChI=1S/C24H23ClN4O2/c1-14-10-11-18(25)12-21(14)27-23(30)17(4)28-15(2)20-13-26-29(19-8-6-5-7-9-19)24(31)22(20)16(28)3/h5-13,17H,1-4H3,(H,27,30)/t17-/m1/s1. The van der Waals surface area contributed by atoms with Crippen LogP contribution in [0, 0.1) is 20.8 Å². The first-order chi connectivity index (χ1) is 14.8. The van der Waals surface area contributed by atoms with Gasteiger partial charge in [0.05, 0.1) is 17.3 Å². The van der Waals surface area contributed by atoms with Gasteiger partial charge in [0.2, 0.25) is 5.91 Å². The topological polar surface area (TPSA) is 68.9 Å². The zero-order chi connectivity index (χ0) is 22.3. The maximum atomic E-state index is 13.3. The average Bonchev–Trinajstić information content (AvgIpc) is 3.01. The third-order valence-electron chi connectivity index (χ3n) is 5.68. The van der Waals surface area contributed by atoms with Crippen molar-refractivity contribution < 1.29 is 4.79 Å².